The van der Waals surface area contributed by atoms with Crippen LogP contribution >= 0.6 is 0 Å². The van der Waals surface area contributed by atoms with Gasteiger partial charge in [0.15, 0.2) is 0 Å². The molecule has 0 saturated heterocycles. The van der Waals surface area contributed by atoms with Gasteiger partial charge < -0.3 is 10.8 Å². The lowest BCUT2D eigenvalue weighted by Crippen LogP contribution is -1.99. The maximum absolute atomic E-state index is 9.89. The Balaban J connectivity index is 2.29. The van der Waals surface area contributed by atoms with Crippen molar-refractivity contribution >= 4 is 5.52 Å². The number of nitrogens with two attached hydrogens (primary N) is 1. The number of para-hydroxylation sites is 1. The molecule has 1 aromatic carbocycles. The SMILES string of the molecule is NCc1cccn2c(-c3ccccc3O)ncc12. The molecule has 0 aliphatic carbocycles. The van der Waals surface area contributed by atoms with Crippen LogP contribution < -0.4 is 5.73 Å². The van der Waals surface area contributed by atoms with Gasteiger partial charge in [-0.1, -0.05) is 18.2 Å². The van der Waals surface area contributed by atoms with E-state index in [0.29, 0.717) is 12.1 Å². The number of hydrogen-bond donors (Lipinski definition) is 2. The number of nitrogens with zero attached hydrogens (tertiary/aromatic N) is 2. The van der Waals surface area contributed by atoms with Crippen molar-refractivity contribution in [3.05, 3.63) is 54.4 Å². The van der Waals surface area contributed by atoms with Crippen LogP contribution in [0.25, 0.3) is 16.9 Å². The molecular weight excluding hydrogens is 226 g/mol. The Kier molecular flexibility index (Phi) is 2.50. The summed E-state index contributed by atoms with van der Waals surface area (Å²) in [6.07, 6.45) is 3.70. The average molecular weight is 239 g/mol. The van der Waals surface area contributed by atoms with Gasteiger partial charge in [-0.15, -0.1) is 0 Å². The van der Waals surface area contributed by atoms with E-state index in [4.69, 9.17) is 5.73 Å². The molecule has 4 heteroatoms. The number of benzene rings is 1. The van der Waals surface area contributed by atoms with Gasteiger partial charge >= 0.3 is 0 Å². The normalized spacial score (nSPS) is 10.9. The average Bonchev–Trinajstić information content (AvgIpc) is 2.83. The number of rotatable bonds is 2. The monoisotopic (exact) mass is 239 g/mol. The van der Waals surface area contributed by atoms with E-state index < -0.39 is 0 Å². The molecule has 3 aromatic rings. The molecule has 0 amide bonds. The predicted octanol–water partition coefficient (Wildman–Crippen LogP) is 2.17. The molecule has 0 unspecified atom stereocenters. The molecule has 0 spiro atoms. The summed E-state index contributed by atoms with van der Waals surface area (Å²) < 4.78 is 1.94. The Hall–Kier alpha value is -2.33. The number of phenols is 1. The Bertz CT molecular complexity index is 703. The molecule has 0 aliphatic heterocycles. The summed E-state index contributed by atoms with van der Waals surface area (Å²) in [5.41, 5.74) is 8.42. The summed E-state index contributed by atoms with van der Waals surface area (Å²) in [5.74, 6) is 0.946. The van der Waals surface area contributed by atoms with Crippen LogP contribution in [0.1, 0.15) is 5.56 Å². The van der Waals surface area contributed by atoms with E-state index >= 15 is 0 Å². The molecule has 0 aliphatic rings. The summed E-state index contributed by atoms with van der Waals surface area (Å²) >= 11 is 0. The van der Waals surface area contributed by atoms with Crippen molar-refractivity contribution < 1.29 is 5.11 Å². The summed E-state index contributed by atoms with van der Waals surface area (Å²) in [5, 5.41) is 9.89. The van der Waals surface area contributed by atoms with Crippen LogP contribution in [0.2, 0.25) is 0 Å². The van der Waals surface area contributed by atoms with Crippen molar-refractivity contribution in [2.45, 2.75) is 6.54 Å². The van der Waals surface area contributed by atoms with E-state index in [1.807, 2.05) is 34.9 Å². The van der Waals surface area contributed by atoms with Crippen molar-refractivity contribution in [2.75, 3.05) is 0 Å². The van der Waals surface area contributed by atoms with Crippen LogP contribution in [-0.2, 0) is 6.54 Å². The van der Waals surface area contributed by atoms with Crippen LogP contribution in [-0.4, -0.2) is 14.5 Å². The zero-order valence-corrected chi connectivity index (χ0v) is 9.74. The van der Waals surface area contributed by atoms with Gasteiger partial charge in [0.05, 0.1) is 17.3 Å². The van der Waals surface area contributed by atoms with Gasteiger partial charge in [0.1, 0.15) is 11.6 Å². The Morgan fingerprint density at radius 1 is 1.17 bits per heavy atom. The molecule has 0 fully saturated rings. The number of phenolic OH excluding ortho intramolecular Hbond substituents is 1. The first-order valence-electron chi connectivity index (χ1n) is 5.74. The molecule has 3 N–H and O–H groups in total. The van der Waals surface area contributed by atoms with Crippen LogP contribution in [0.15, 0.2) is 48.8 Å². The van der Waals surface area contributed by atoms with Gasteiger partial charge in [-0.2, -0.15) is 0 Å². The van der Waals surface area contributed by atoms with E-state index in [9.17, 15) is 5.11 Å². The van der Waals surface area contributed by atoms with E-state index in [-0.39, 0.29) is 5.75 Å². The van der Waals surface area contributed by atoms with Crippen LogP contribution in [0.5, 0.6) is 5.75 Å². The molecule has 90 valence electrons. The Morgan fingerprint density at radius 2 is 2.00 bits per heavy atom. The maximum atomic E-state index is 9.89. The van der Waals surface area contributed by atoms with Crippen molar-refractivity contribution in [3.63, 3.8) is 0 Å². The van der Waals surface area contributed by atoms with Crippen molar-refractivity contribution in [2.24, 2.45) is 5.73 Å². The number of imidazole rings is 1. The third-order valence-corrected chi connectivity index (χ3v) is 3.02. The highest BCUT2D eigenvalue weighted by molar-refractivity contribution is 5.69. The van der Waals surface area contributed by atoms with Crippen LogP contribution in [0.3, 0.4) is 0 Å². The van der Waals surface area contributed by atoms with Crippen LogP contribution in [0, 0.1) is 0 Å². The smallest absolute Gasteiger partial charge is 0.148 e. The van der Waals surface area contributed by atoms with Gasteiger partial charge in [0, 0.05) is 12.7 Å². The van der Waals surface area contributed by atoms with Crippen LogP contribution in [0.4, 0.5) is 0 Å². The van der Waals surface area contributed by atoms with Crippen molar-refractivity contribution in [1.82, 2.24) is 9.38 Å². The lowest BCUT2D eigenvalue weighted by atomic mass is 10.2. The van der Waals surface area contributed by atoms with E-state index in [1.54, 1.807) is 18.3 Å². The first-order valence-corrected chi connectivity index (χ1v) is 5.74. The molecule has 18 heavy (non-hydrogen) atoms. The van der Waals surface area contributed by atoms with Gasteiger partial charge in [-0.05, 0) is 23.8 Å². The summed E-state index contributed by atoms with van der Waals surface area (Å²) in [7, 11) is 0. The number of aromatic nitrogens is 2. The zero-order valence-electron chi connectivity index (χ0n) is 9.74. The van der Waals surface area contributed by atoms with E-state index in [0.717, 1.165) is 16.9 Å². The molecule has 0 atom stereocenters. The van der Waals surface area contributed by atoms with Crippen molar-refractivity contribution in [1.29, 1.82) is 0 Å². The van der Waals surface area contributed by atoms with Gasteiger partial charge in [0.25, 0.3) is 0 Å². The largest absolute Gasteiger partial charge is 0.507 e. The lowest BCUT2D eigenvalue weighted by molar-refractivity contribution is 0.477. The highest BCUT2D eigenvalue weighted by Gasteiger charge is 2.11. The molecule has 4 nitrogen and oxygen atoms in total. The minimum absolute atomic E-state index is 0.225. The molecular formula is C14H13N3O. The maximum Gasteiger partial charge on any atom is 0.148 e. The third-order valence-electron chi connectivity index (χ3n) is 3.02. The second-order valence-corrected chi connectivity index (χ2v) is 4.09. The van der Waals surface area contributed by atoms with E-state index in [2.05, 4.69) is 4.98 Å². The molecule has 0 saturated carbocycles. The quantitative estimate of drug-likeness (QED) is 0.720. The molecule has 2 aromatic heterocycles. The zero-order chi connectivity index (χ0) is 12.5. The molecule has 3 rings (SSSR count). The lowest BCUT2D eigenvalue weighted by Gasteiger charge is -2.05. The number of hydrogen-bond acceptors (Lipinski definition) is 3. The fraction of sp³-hybridized carbons (Fsp3) is 0.0714. The summed E-state index contributed by atoms with van der Waals surface area (Å²) in [4.78, 5) is 4.38. The fourth-order valence-electron chi connectivity index (χ4n) is 2.11. The summed E-state index contributed by atoms with van der Waals surface area (Å²) in [6.45, 7) is 0.468. The molecule has 0 bridgehead atoms. The fourth-order valence-corrected chi connectivity index (χ4v) is 2.11. The highest BCUT2D eigenvalue weighted by atomic mass is 16.3. The number of pyridine rings is 1. The first kappa shape index (κ1) is 10.8. The minimum atomic E-state index is 0.225. The first-order chi connectivity index (χ1) is 8.81. The van der Waals surface area contributed by atoms with E-state index in [1.165, 1.54) is 0 Å². The second-order valence-electron chi connectivity index (χ2n) is 4.09. The second kappa shape index (κ2) is 4.16. The highest BCUT2D eigenvalue weighted by Crippen LogP contribution is 2.28. The van der Waals surface area contributed by atoms with Gasteiger partial charge in [-0.3, -0.25) is 4.40 Å². The van der Waals surface area contributed by atoms with Gasteiger partial charge in [-0.25, -0.2) is 4.98 Å². The molecule has 0 radical (unpaired) electrons. The standard InChI is InChI=1S/C14H13N3O/c15-8-10-4-3-7-17-12(10)9-16-14(17)11-5-1-2-6-13(11)18/h1-7,9,18H,8,15H2. The minimum Gasteiger partial charge on any atom is -0.507 e. The third kappa shape index (κ3) is 1.55. The number of fused-ring (bicyclic) bond motifs is 1. The Morgan fingerprint density at radius 3 is 2.78 bits per heavy atom. The Labute approximate surface area is 104 Å². The molecule has 2 heterocycles. The van der Waals surface area contributed by atoms with Gasteiger partial charge in [0.2, 0.25) is 0 Å². The summed E-state index contributed by atoms with van der Waals surface area (Å²) in [6, 6.07) is 11.1. The predicted molar refractivity (Wildman–Crippen MR) is 70.2 cm³/mol. The van der Waals surface area contributed by atoms with Crippen molar-refractivity contribution in [3.8, 4) is 17.1 Å². The topological polar surface area (TPSA) is 63.5 Å². The number of aromatic hydroxyl groups is 1.